The monoisotopic (exact) mass is 194 g/mol. The van der Waals surface area contributed by atoms with Crippen molar-refractivity contribution in [2.24, 2.45) is 5.92 Å². The maximum Gasteiger partial charge on any atom is 0.179 e. The summed E-state index contributed by atoms with van der Waals surface area (Å²) in [7, 11) is 0. The summed E-state index contributed by atoms with van der Waals surface area (Å²) in [6.45, 7) is 4.27. The van der Waals surface area contributed by atoms with E-state index in [-0.39, 0.29) is 0 Å². The summed E-state index contributed by atoms with van der Waals surface area (Å²) in [5.41, 5.74) is 0. The van der Waals surface area contributed by atoms with Crippen molar-refractivity contribution in [3.05, 3.63) is 0 Å². The molecule has 1 atom stereocenters. The van der Waals surface area contributed by atoms with Crippen LogP contribution in [0.4, 0.5) is 0 Å². The van der Waals surface area contributed by atoms with Gasteiger partial charge in [-0.05, 0) is 18.8 Å². The first-order valence-corrected chi connectivity index (χ1v) is 6.01. The molecule has 0 amide bonds. The molecule has 2 heteroatoms. The number of hydrogen-bond acceptors (Lipinski definition) is 2. The molecule has 0 aliphatic carbocycles. The lowest BCUT2D eigenvalue weighted by Crippen LogP contribution is -2.13. The molecule has 1 fully saturated rings. The van der Waals surface area contributed by atoms with Gasteiger partial charge in [0.1, 0.15) is 0 Å². The molecule has 1 saturated heterocycles. The first-order valence-electron chi connectivity index (χ1n) is 6.01. The van der Waals surface area contributed by atoms with Gasteiger partial charge in [0.15, 0.2) is 6.19 Å². The third kappa shape index (κ3) is 4.00. The van der Waals surface area contributed by atoms with E-state index in [9.17, 15) is 0 Å². The van der Waals surface area contributed by atoms with Gasteiger partial charge in [-0.3, -0.25) is 0 Å². The van der Waals surface area contributed by atoms with E-state index >= 15 is 0 Å². The van der Waals surface area contributed by atoms with E-state index in [1.807, 2.05) is 4.90 Å². The second-order valence-corrected chi connectivity index (χ2v) is 4.40. The van der Waals surface area contributed by atoms with Crippen LogP contribution in [-0.2, 0) is 0 Å². The van der Waals surface area contributed by atoms with Gasteiger partial charge in [0, 0.05) is 13.1 Å². The van der Waals surface area contributed by atoms with Crippen LogP contribution < -0.4 is 0 Å². The van der Waals surface area contributed by atoms with Crippen LogP contribution in [0.25, 0.3) is 0 Å². The molecule has 1 unspecified atom stereocenters. The Hall–Kier alpha value is -0.710. The average Bonchev–Trinajstić information content (AvgIpc) is 2.65. The zero-order chi connectivity index (χ0) is 10.2. The van der Waals surface area contributed by atoms with E-state index in [1.165, 1.54) is 44.9 Å². The van der Waals surface area contributed by atoms with E-state index < -0.39 is 0 Å². The van der Waals surface area contributed by atoms with Crippen molar-refractivity contribution in [1.29, 1.82) is 5.26 Å². The maximum absolute atomic E-state index is 8.70. The number of nitriles is 1. The van der Waals surface area contributed by atoms with Crippen LogP contribution >= 0.6 is 0 Å². The molecule has 14 heavy (non-hydrogen) atoms. The number of rotatable bonds is 6. The molecule has 0 radical (unpaired) electrons. The van der Waals surface area contributed by atoms with Crippen molar-refractivity contribution in [2.45, 2.75) is 51.9 Å². The van der Waals surface area contributed by atoms with Crippen LogP contribution in [0.15, 0.2) is 0 Å². The van der Waals surface area contributed by atoms with Crippen molar-refractivity contribution in [1.82, 2.24) is 4.90 Å². The van der Waals surface area contributed by atoms with Crippen molar-refractivity contribution in [3.63, 3.8) is 0 Å². The molecule has 0 aromatic carbocycles. The molecular formula is C12H22N2. The Labute approximate surface area is 87.9 Å². The fourth-order valence-corrected chi connectivity index (χ4v) is 2.20. The van der Waals surface area contributed by atoms with Crippen molar-refractivity contribution in [3.8, 4) is 6.19 Å². The molecule has 0 aromatic heterocycles. The Bertz CT molecular complexity index is 183. The number of hydrogen-bond donors (Lipinski definition) is 0. The molecule has 1 aliphatic rings. The summed E-state index contributed by atoms with van der Waals surface area (Å²) < 4.78 is 0. The zero-order valence-corrected chi connectivity index (χ0v) is 9.34. The molecule has 1 aliphatic heterocycles. The Morgan fingerprint density at radius 3 is 2.71 bits per heavy atom. The van der Waals surface area contributed by atoms with E-state index in [1.54, 1.807) is 0 Å². The third-order valence-electron chi connectivity index (χ3n) is 3.14. The molecule has 0 aromatic rings. The highest BCUT2D eigenvalue weighted by atomic mass is 15.1. The molecule has 0 N–H and O–H groups in total. The lowest BCUT2D eigenvalue weighted by molar-refractivity contribution is 0.427. The van der Waals surface area contributed by atoms with Crippen LogP contribution in [0.3, 0.4) is 0 Å². The minimum Gasteiger partial charge on any atom is -0.310 e. The summed E-state index contributed by atoms with van der Waals surface area (Å²) in [4.78, 5) is 1.90. The molecule has 0 spiro atoms. The van der Waals surface area contributed by atoms with Gasteiger partial charge in [-0.15, -0.1) is 0 Å². The van der Waals surface area contributed by atoms with Crippen molar-refractivity contribution >= 4 is 0 Å². The highest BCUT2D eigenvalue weighted by molar-refractivity contribution is 4.83. The average molecular weight is 194 g/mol. The highest BCUT2D eigenvalue weighted by Crippen LogP contribution is 2.21. The van der Waals surface area contributed by atoms with Crippen LogP contribution in [-0.4, -0.2) is 18.0 Å². The Kier molecular flexibility index (Phi) is 5.44. The summed E-state index contributed by atoms with van der Waals surface area (Å²) in [6, 6.07) is 0. The molecule has 0 bridgehead atoms. The van der Waals surface area contributed by atoms with Crippen LogP contribution in [0, 0.1) is 17.4 Å². The molecule has 80 valence electrons. The molecule has 2 nitrogen and oxygen atoms in total. The van der Waals surface area contributed by atoms with Gasteiger partial charge in [-0.2, -0.15) is 5.26 Å². The van der Waals surface area contributed by atoms with Gasteiger partial charge >= 0.3 is 0 Å². The third-order valence-corrected chi connectivity index (χ3v) is 3.14. The summed E-state index contributed by atoms with van der Waals surface area (Å²) in [5.74, 6) is 0.802. The maximum atomic E-state index is 8.70. The summed E-state index contributed by atoms with van der Waals surface area (Å²) in [5, 5.41) is 8.70. The minimum absolute atomic E-state index is 0.802. The van der Waals surface area contributed by atoms with Crippen LogP contribution in [0.2, 0.25) is 0 Å². The second kappa shape index (κ2) is 6.70. The first kappa shape index (κ1) is 11.4. The van der Waals surface area contributed by atoms with E-state index in [0.717, 1.165) is 19.0 Å². The Morgan fingerprint density at radius 1 is 1.29 bits per heavy atom. The Balaban J connectivity index is 1.95. The predicted molar refractivity (Wildman–Crippen MR) is 58.7 cm³/mol. The largest absolute Gasteiger partial charge is 0.310 e. The topological polar surface area (TPSA) is 27.0 Å². The smallest absolute Gasteiger partial charge is 0.179 e. The fourth-order valence-electron chi connectivity index (χ4n) is 2.20. The quantitative estimate of drug-likeness (QED) is 0.480. The van der Waals surface area contributed by atoms with Crippen LogP contribution in [0.5, 0.6) is 0 Å². The van der Waals surface area contributed by atoms with E-state index in [4.69, 9.17) is 5.26 Å². The van der Waals surface area contributed by atoms with Crippen LogP contribution in [0.1, 0.15) is 51.9 Å². The molecular weight excluding hydrogens is 172 g/mol. The predicted octanol–water partition coefficient (Wildman–Crippen LogP) is 3.15. The first-order chi connectivity index (χ1) is 6.86. The zero-order valence-electron chi connectivity index (χ0n) is 9.34. The Morgan fingerprint density at radius 2 is 2.07 bits per heavy atom. The molecule has 0 saturated carbocycles. The lowest BCUT2D eigenvalue weighted by atomic mass is 10.00. The van der Waals surface area contributed by atoms with Gasteiger partial charge < -0.3 is 4.90 Å². The van der Waals surface area contributed by atoms with Crippen molar-refractivity contribution < 1.29 is 0 Å². The SMILES string of the molecule is CCCCCCCC1CCN(C#N)C1. The normalized spacial score (nSPS) is 21.1. The summed E-state index contributed by atoms with van der Waals surface area (Å²) in [6.07, 6.45) is 11.7. The minimum atomic E-state index is 0.802. The van der Waals surface area contributed by atoms with Gasteiger partial charge in [-0.1, -0.05) is 39.0 Å². The van der Waals surface area contributed by atoms with E-state index in [0.29, 0.717) is 0 Å². The second-order valence-electron chi connectivity index (χ2n) is 4.40. The van der Waals surface area contributed by atoms with Gasteiger partial charge in [0.2, 0.25) is 0 Å². The van der Waals surface area contributed by atoms with Gasteiger partial charge in [0.05, 0.1) is 0 Å². The number of unbranched alkanes of at least 4 members (excludes halogenated alkanes) is 4. The highest BCUT2D eigenvalue weighted by Gasteiger charge is 2.20. The standard InChI is InChI=1S/C12H22N2/c1-2-3-4-5-6-7-12-8-9-14(10-12)11-13/h12H,2-10H2,1H3. The van der Waals surface area contributed by atoms with Gasteiger partial charge in [-0.25, -0.2) is 0 Å². The van der Waals surface area contributed by atoms with Crippen molar-refractivity contribution in [2.75, 3.05) is 13.1 Å². The number of nitrogens with zero attached hydrogens (tertiary/aromatic N) is 2. The molecule has 1 heterocycles. The fraction of sp³-hybridized carbons (Fsp3) is 0.917. The van der Waals surface area contributed by atoms with E-state index in [2.05, 4.69) is 13.1 Å². The molecule has 1 rings (SSSR count). The van der Waals surface area contributed by atoms with Gasteiger partial charge in [0.25, 0.3) is 0 Å². The lowest BCUT2D eigenvalue weighted by Gasteiger charge is -2.08. The number of likely N-dealkylation sites (tertiary alicyclic amines) is 1. The summed E-state index contributed by atoms with van der Waals surface area (Å²) >= 11 is 0.